The molecule has 0 aromatic heterocycles. The molecule has 1 unspecified atom stereocenters. The largest absolute Gasteiger partial charge is 0.368 e. The van der Waals surface area contributed by atoms with Crippen molar-refractivity contribution in [2.24, 2.45) is 5.41 Å². The first kappa shape index (κ1) is 16.3. The molecule has 4 heteroatoms. The second-order valence-corrected chi connectivity index (χ2v) is 7.34. The summed E-state index contributed by atoms with van der Waals surface area (Å²) >= 11 is 0. The molecule has 3 rings (SSSR count). The summed E-state index contributed by atoms with van der Waals surface area (Å²) in [6, 6.07) is 6.49. The van der Waals surface area contributed by atoms with Gasteiger partial charge >= 0.3 is 0 Å². The lowest BCUT2D eigenvalue weighted by molar-refractivity contribution is -0.142. The van der Waals surface area contributed by atoms with Crippen LogP contribution in [0.2, 0.25) is 0 Å². The number of amides is 1. The van der Waals surface area contributed by atoms with E-state index >= 15 is 0 Å². The quantitative estimate of drug-likeness (QED) is 0.910. The minimum atomic E-state index is -0.209. The maximum atomic E-state index is 12.9. The van der Waals surface area contributed by atoms with Gasteiger partial charge in [-0.3, -0.25) is 4.79 Å². The van der Waals surface area contributed by atoms with Gasteiger partial charge in [0, 0.05) is 38.4 Å². The van der Waals surface area contributed by atoms with Crippen LogP contribution in [0.5, 0.6) is 0 Å². The molecule has 1 atom stereocenters. The minimum Gasteiger partial charge on any atom is -0.368 e. The lowest BCUT2D eigenvalue weighted by atomic mass is 9.81. The molecule has 0 saturated carbocycles. The number of piperazine rings is 1. The van der Waals surface area contributed by atoms with Gasteiger partial charge in [0.15, 0.2) is 0 Å². The fourth-order valence-electron chi connectivity index (χ4n) is 3.85. The van der Waals surface area contributed by atoms with E-state index in [4.69, 9.17) is 0 Å². The molecule has 23 heavy (non-hydrogen) atoms. The fourth-order valence-corrected chi connectivity index (χ4v) is 3.85. The Morgan fingerprint density at radius 3 is 2.57 bits per heavy atom. The Hall–Kier alpha value is -1.55. The SMILES string of the molecule is Cc1cccc(N2CCN(C(=O)C3(C)CCCNC3)CC2)c1C. The summed E-state index contributed by atoms with van der Waals surface area (Å²) in [5, 5.41) is 3.39. The van der Waals surface area contributed by atoms with Crippen molar-refractivity contribution < 1.29 is 4.79 Å². The normalized spacial score (nSPS) is 25.5. The van der Waals surface area contributed by atoms with Gasteiger partial charge in [-0.2, -0.15) is 0 Å². The smallest absolute Gasteiger partial charge is 0.229 e. The number of aryl methyl sites for hydroxylation is 1. The fraction of sp³-hybridized carbons (Fsp3) is 0.632. The molecule has 0 bridgehead atoms. The number of rotatable bonds is 2. The Labute approximate surface area is 139 Å². The standard InChI is InChI=1S/C19H29N3O/c1-15-6-4-7-17(16(15)2)21-10-12-22(13-11-21)18(23)19(3)8-5-9-20-14-19/h4,6-7,20H,5,8-14H2,1-3H3. The van der Waals surface area contributed by atoms with Gasteiger partial charge in [-0.15, -0.1) is 0 Å². The van der Waals surface area contributed by atoms with Crippen LogP contribution in [0.1, 0.15) is 30.9 Å². The zero-order valence-corrected chi connectivity index (χ0v) is 14.7. The van der Waals surface area contributed by atoms with Crippen LogP contribution in [-0.4, -0.2) is 50.1 Å². The van der Waals surface area contributed by atoms with Crippen LogP contribution >= 0.6 is 0 Å². The van der Waals surface area contributed by atoms with Crippen molar-refractivity contribution in [2.75, 3.05) is 44.2 Å². The van der Waals surface area contributed by atoms with E-state index in [0.29, 0.717) is 5.91 Å². The van der Waals surface area contributed by atoms with E-state index in [1.165, 1.54) is 16.8 Å². The molecule has 1 aromatic carbocycles. The molecule has 1 aromatic rings. The topological polar surface area (TPSA) is 35.6 Å². The molecule has 0 aliphatic carbocycles. The second-order valence-electron chi connectivity index (χ2n) is 7.34. The highest BCUT2D eigenvalue weighted by atomic mass is 16.2. The van der Waals surface area contributed by atoms with Crippen molar-refractivity contribution in [1.29, 1.82) is 0 Å². The van der Waals surface area contributed by atoms with Crippen LogP contribution < -0.4 is 10.2 Å². The highest BCUT2D eigenvalue weighted by Gasteiger charge is 2.38. The lowest BCUT2D eigenvalue weighted by Gasteiger charge is -2.42. The summed E-state index contributed by atoms with van der Waals surface area (Å²) in [4.78, 5) is 17.4. The zero-order chi connectivity index (χ0) is 16.4. The summed E-state index contributed by atoms with van der Waals surface area (Å²) in [6.07, 6.45) is 2.11. The molecule has 2 fully saturated rings. The summed E-state index contributed by atoms with van der Waals surface area (Å²) in [6.45, 7) is 11.9. The van der Waals surface area contributed by atoms with Crippen molar-refractivity contribution >= 4 is 11.6 Å². The number of anilines is 1. The molecular weight excluding hydrogens is 286 g/mol. The van der Waals surface area contributed by atoms with Gasteiger partial charge in [-0.05, 0) is 57.4 Å². The van der Waals surface area contributed by atoms with E-state index in [9.17, 15) is 4.79 Å². The average molecular weight is 315 g/mol. The van der Waals surface area contributed by atoms with Gasteiger partial charge < -0.3 is 15.1 Å². The predicted molar refractivity (Wildman–Crippen MR) is 94.9 cm³/mol. The predicted octanol–water partition coefficient (Wildman–Crippen LogP) is 2.34. The van der Waals surface area contributed by atoms with Crippen LogP contribution in [0, 0.1) is 19.3 Å². The second kappa shape index (κ2) is 6.52. The molecule has 1 N–H and O–H groups in total. The van der Waals surface area contributed by atoms with Crippen LogP contribution in [0.3, 0.4) is 0 Å². The first-order valence-corrected chi connectivity index (χ1v) is 8.82. The maximum absolute atomic E-state index is 12.9. The van der Waals surface area contributed by atoms with Gasteiger partial charge in [-0.1, -0.05) is 12.1 Å². The monoisotopic (exact) mass is 315 g/mol. The maximum Gasteiger partial charge on any atom is 0.229 e. The molecule has 2 aliphatic heterocycles. The number of hydrogen-bond acceptors (Lipinski definition) is 3. The van der Waals surface area contributed by atoms with Crippen molar-refractivity contribution in [3.8, 4) is 0 Å². The molecule has 2 heterocycles. The van der Waals surface area contributed by atoms with E-state index in [1.54, 1.807) is 0 Å². The Morgan fingerprint density at radius 2 is 1.91 bits per heavy atom. The lowest BCUT2D eigenvalue weighted by Crippen LogP contribution is -2.56. The van der Waals surface area contributed by atoms with Crippen LogP contribution in [-0.2, 0) is 4.79 Å². The molecule has 2 aliphatic rings. The number of piperidine rings is 1. The van der Waals surface area contributed by atoms with Crippen LogP contribution in [0.15, 0.2) is 18.2 Å². The molecular formula is C19H29N3O. The number of hydrogen-bond donors (Lipinski definition) is 1. The average Bonchev–Trinajstić information content (AvgIpc) is 2.58. The summed E-state index contributed by atoms with van der Waals surface area (Å²) < 4.78 is 0. The third kappa shape index (κ3) is 3.23. The summed E-state index contributed by atoms with van der Waals surface area (Å²) in [7, 11) is 0. The zero-order valence-electron chi connectivity index (χ0n) is 14.7. The Morgan fingerprint density at radius 1 is 1.17 bits per heavy atom. The van der Waals surface area contributed by atoms with E-state index in [-0.39, 0.29) is 5.41 Å². The molecule has 1 amide bonds. The van der Waals surface area contributed by atoms with Crippen molar-refractivity contribution in [3.63, 3.8) is 0 Å². The van der Waals surface area contributed by atoms with Crippen molar-refractivity contribution in [2.45, 2.75) is 33.6 Å². The third-order valence-corrected chi connectivity index (χ3v) is 5.60. The summed E-state index contributed by atoms with van der Waals surface area (Å²) in [5.41, 5.74) is 3.81. The molecule has 0 spiro atoms. The van der Waals surface area contributed by atoms with Crippen LogP contribution in [0.25, 0.3) is 0 Å². The Bertz CT molecular complexity index is 570. The highest BCUT2D eigenvalue weighted by molar-refractivity contribution is 5.83. The van der Waals surface area contributed by atoms with Gasteiger partial charge in [0.25, 0.3) is 0 Å². The molecule has 2 saturated heterocycles. The van der Waals surface area contributed by atoms with Crippen molar-refractivity contribution in [1.82, 2.24) is 10.2 Å². The minimum absolute atomic E-state index is 0.209. The van der Waals surface area contributed by atoms with Gasteiger partial charge in [0.05, 0.1) is 5.41 Å². The molecule has 4 nitrogen and oxygen atoms in total. The summed E-state index contributed by atoms with van der Waals surface area (Å²) in [5.74, 6) is 0.338. The number of nitrogens with one attached hydrogen (secondary N) is 1. The Balaban J connectivity index is 1.64. The van der Waals surface area contributed by atoms with Gasteiger partial charge in [0.1, 0.15) is 0 Å². The number of benzene rings is 1. The third-order valence-electron chi connectivity index (χ3n) is 5.60. The van der Waals surface area contributed by atoms with E-state index in [1.807, 2.05) is 0 Å². The molecule has 126 valence electrons. The van der Waals surface area contributed by atoms with Crippen molar-refractivity contribution in [3.05, 3.63) is 29.3 Å². The van der Waals surface area contributed by atoms with Crippen LogP contribution in [0.4, 0.5) is 5.69 Å². The first-order valence-electron chi connectivity index (χ1n) is 8.82. The molecule has 0 radical (unpaired) electrons. The highest BCUT2D eigenvalue weighted by Crippen LogP contribution is 2.29. The first-order chi connectivity index (χ1) is 11.0. The van der Waals surface area contributed by atoms with E-state index < -0.39 is 0 Å². The van der Waals surface area contributed by atoms with E-state index in [0.717, 1.165) is 52.1 Å². The van der Waals surface area contributed by atoms with Gasteiger partial charge in [-0.25, -0.2) is 0 Å². The number of nitrogens with zero attached hydrogens (tertiary/aromatic N) is 2. The number of carbonyl (C=O) groups excluding carboxylic acids is 1. The van der Waals surface area contributed by atoms with E-state index in [2.05, 4.69) is 54.1 Å². The van der Waals surface area contributed by atoms with Gasteiger partial charge in [0.2, 0.25) is 5.91 Å². The number of carbonyl (C=O) groups is 1. The Kier molecular flexibility index (Phi) is 4.62.